The summed E-state index contributed by atoms with van der Waals surface area (Å²) < 4.78 is 0. The Kier molecular flexibility index (Phi) is 3.56. The van der Waals surface area contributed by atoms with Crippen molar-refractivity contribution in [2.75, 3.05) is 5.73 Å². The Bertz CT molecular complexity index is 766. The number of aryl methyl sites for hydroxylation is 3. The lowest BCUT2D eigenvalue weighted by atomic mass is 9.87. The van der Waals surface area contributed by atoms with Crippen molar-refractivity contribution in [3.05, 3.63) is 64.2 Å². The van der Waals surface area contributed by atoms with E-state index in [1.54, 1.807) is 0 Å². The number of rotatable bonds is 2. The number of fused-ring (bicyclic) bond motifs is 2. The molecule has 1 atom stereocenters. The molecule has 0 heterocycles. The third-order valence-corrected chi connectivity index (χ3v) is 5.15. The SMILES string of the molecule is Nc1ccc2c(c1)CCCC2NC(=O)c1ccc2c(c1)CCC2. The van der Waals surface area contributed by atoms with Crippen molar-refractivity contribution in [3.63, 3.8) is 0 Å². The fraction of sp³-hybridized carbons (Fsp3) is 0.350. The minimum absolute atomic E-state index is 0.0365. The summed E-state index contributed by atoms with van der Waals surface area (Å²) >= 11 is 0. The Morgan fingerprint density at radius 1 is 0.957 bits per heavy atom. The van der Waals surface area contributed by atoms with Crippen LogP contribution in [-0.2, 0) is 19.3 Å². The molecule has 4 rings (SSSR count). The Labute approximate surface area is 136 Å². The van der Waals surface area contributed by atoms with Crippen molar-refractivity contribution in [3.8, 4) is 0 Å². The normalized spacial score (nSPS) is 19.0. The van der Waals surface area contributed by atoms with Gasteiger partial charge in [0, 0.05) is 11.3 Å². The number of benzene rings is 2. The highest BCUT2D eigenvalue weighted by atomic mass is 16.1. The number of nitrogens with one attached hydrogen (secondary N) is 1. The van der Waals surface area contributed by atoms with E-state index in [-0.39, 0.29) is 11.9 Å². The molecule has 2 aromatic carbocycles. The summed E-state index contributed by atoms with van der Waals surface area (Å²) in [6.45, 7) is 0. The monoisotopic (exact) mass is 306 g/mol. The van der Waals surface area contributed by atoms with Gasteiger partial charge in [0.1, 0.15) is 0 Å². The van der Waals surface area contributed by atoms with Crippen LogP contribution in [0.1, 0.15) is 57.9 Å². The summed E-state index contributed by atoms with van der Waals surface area (Å²) in [5.74, 6) is 0.0365. The van der Waals surface area contributed by atoms with Gasteiger partial charge >= 0.3 is 0 Å². The van der Waals surface area contributed by atoms with E-state index in [2.05, 4.69) is 23.5 Å². The number of hydrogen-bond donors (Lipinski definition) is 2. The second-order valence-corrected chi connectivity index (χ2v) is 6.71. The molecule has 0 fully saturated rings. The molecule has 0 saturated heterocycles. The Hall–Kier alpha value is -2.29. The Morgan fingerprint density at radius 2 is 1.78 bits per heavy atom. The van der Waals surface area contributed by atoms with E-state index in [4.69, 9.17) is 5.73 Å². The molecule has 3 heteroatoms. The third-order valence-electron chi connectivity index (χ3n) is 5.15. The number of nitrogen functional groups attached to an aromatic ring is 1. The summed E-state index contributed by atoms with van der Waals surface area (Å²) in [6, 6.07) is 12.3. The zero-order chi connectivity index (χ0) is 15.8. The van der Waals surface area contributed by atoms with Gasteiger partial charge in [-0.1, -0.05) is 12.1 Å². The van der Waals surface area contributed by atoms with Crippen molar-refractivity contribution >= 4 is 11.6 Å². The third kappa shape index (κ3) is 2.72. The predicted molar refractivity (Wildman–Crippen MR) is 92.5 cm³/mol. The van der Waals surface area contributed by atoms with Crippen LogP contribution in [0.5, 0.6) is 0 Å². The number of hydrogen-bond acceptors (Lipinski definition) is 2. The Balaban J connectivity index is 1.56. The standard InChI is InChI=1S/C20H22N2O/c21-17-9-10-18-15(12-17)5-2-6-19(18)22-20(23)16-8-7-13-3-1-4-14(13)11-16/h7-12,19H,1-6,21H2,(H,22,23). The largest absolute Gasteiger partial charge is 0.399 e. The first-order valence-corrected chi connectivity index (χ1v) is 8.52. The van der Waals surface area contributed by atoms with Gasteiger partial charge in [0.15, 0.2) is 0 Å². The lowest BCUT2D eigenvalue weighted by molar-refractivity contribution is 0.0932. The van der Waals surface area contributed by atoms with Crippen LogP contribution in [0.2, 0.25) is 0 Å². The van der Waals surface area contributed by atoms with Gasteiger partial charge in [-0.2, -0.15) is 0 Å². The van der Waals surface area contributed by atoms with E-state index in [1.807, 2.05) is 18.2 Å². The fourth-order valence-electron chi connectivity index (χ4n) is 3.94. The smallest absolute Gasteiger partial charge is 0.251 e. The lowest BCUT2D eigenvalue weighted by Gasteiger charge is -2.26. The van der Waals surface area contributed by atoms with Crippen molar-refractivity contribution in [1.29, 1.82) is 0 Å². The molecule has 118 valence electrons. The van der Waals surface area contributed by atoms with Crippen LogP contribution in [-0.4, -0.2) is 5.91 Å². The zero-order valence-electron chi connectivity index (χ0n) is 13.3. The minimum Gasteiger partial charge on any atom is -0.399 e. The number of carbonyl (C=O) groups excluding carboxylic acids is 1. The second-order valence-electron chi connectivity index (χ2n) is 6.71. The second kappa shape index (κ2) is 5.73. The van der Waals surface area contributed by atoms with Crippen molar-refractivity contribution in [2.45, 2.75) is 44.6 Å². The van der Waals surface area contributed by atoms with Gasteiger partial charge in [0.25, 0.3) is 5.91 Å². The first kappa shape index (κ1) is 14.3. The molecule has 2 aromatic rings. The fourth-order valence-corrected chi connectivity index (χ4v) is 3.94. The van der Waals surface area contributed by atoms with E-state index in [9.17, 15) is 4.79 Å². The first-order chi connectivity index (χ1) is 11.2. The van der Waals surface area contributed by atoms with Crippen molar-refractivity contribution < 1.29 is 4.79 Å². The zero-order valence-corrected chi connectivity index (χ0v) is 13.3. The number of carbonyl (C=O) groups is 1. The molecular weight excluding hydrogens is 284 g/mol. The van der Waals surface area contributed by atoms with Crippen LogP contribution in [0.25, 0.3) is 0 Å². The molecule has 0 radical (unpaired) electrons. The lowest BCUT2D eigenvalue weighted by Crippen LogP contribution is -2.31. The maximum Gasteiger partial charge on any atom is 0.251 e. The molecule has 2 aliphatic carbocycles. The van der Waals surface area contributed by atoms with Crippen LogP contribution >= 0.6 is 0 Å². The molecule has 0 spiro atoms. The maximum atomic E-state index is 12.7. The number of nitrogens with two attached hydrogens (primary N) is 1. The quantitative estimate of drug-likeness (QED) is 0.833. The van der Waals surface area contributed by atoms with Crippen LogP contribution in [0, 0.1) is 0 Å². The van der Waals surface area contributed by atoms with Gasteiger partial charge in [0.2, 0.25) is 0 Å². The maximum absolute atomic E-state index is 12.7. The molecule has 3 nitrogen and oxygen atoms in total. The van der Waals surface area contributed by atoms with E-state index < -0.39 is 0 Å². The molecule has 1 amide bonds. The van der Waals surface area contributed by atoms with Gasteiger partial charge in [0.05, 0.1) is 6.04 Å². The summed E-state index contributed by atoms with van der Waals surface area (Å²) in [5, 5.41) is 3.22. The summed E-state index contributed by atoms with van der Waals surface area (Å²) in [4.78, 5) is 12.7. The molecule has 3 N–H and O–H groups in total. The minimum atomic E-state index is 0.0365. The first-order valence-electron chi connectivity index (χ1n) is 8.52. The van der Waals surface area contributed by atoms with Crippen LogP contribution in [0.4, 0.5) is 5.69 Å². The van der Waals surface area contributed by atoms with Crippen LogP contribution < -0.4 is 11.1 Å². The van der Waals surface area contributed by atoms with E-state index in [0.29, 0.717) is 0 Å². The molecular formula is C20H22N2O. The van der Waals surface area contributed by atoms with E-state index in [1.165, 1.54) is 28.7 Å². The van der Waals surface area contributed by atoms with E-state index in [0.717, 1.165) is 43.4 Å². The predicted octanol–water partition coefficient (Wildman–Crippen LogP) is 3.56. The molecule has 2 aliphatic rings. The van der Waals surface area contributed by atoms with Gasteiger partial charge in [-0.15, -0.1) is 0 Å². The number of amides is 1. The molecule has 0 aliphatic heterocycles. The molecule has 0 saturated carbocycles. The van der Waals surface area contributed by atoms with E-state index >= 15 is 0 Å². The van der Waals surface area contributed by atoms with Crippen LogP contribution in [0.15, 0.2) is 36.4 Å². The number of anilines is 1. The van der Waals surface area contributed by atoms with Gasteiger partial charge in [-0.05, 0) is 85.0 Å². The summed E-state index contributed by atoms with van der Waals surface area (Å²) in [7, 11) is 0. The summed E-state index contributed by atoms with van der Waals surface area (Å²) in [6.07, 6.45) is 6.58. The van der Waals surface area contributed by atoms with Gasteiger partial charge in [-0.25, -0.2) is 0 Å². The highest BCUT2D eigenvalue weighted by molar-refractivity contribution is 5.94. The Morgan fingerprint density at radius 3 is 2.70 bits per heavy atom. The highest BCUT2D eigenvalue weighted by Crippen LogP contribution is 2.31. The summed E-state index contributed by atoms with van der Waals surface area (Å²) in [5.41, 5.74) is 12.7. The average Bonchev–Trinajstić information content (AvgIpc) is 3.02. The van der Waals surface area contributed by atoms with Crippen molar-refractivity contribution in [2.24, 2.45) is 0 Å². The van der Waals surface area contributed by atoms with Gasteiger partial charge < -0.3 is 11.1 Å². The molecule has 0 bridgehead atoms. The molecule has 0 aromatic heterocycles. The van der Waals surface area contributed by atoms with Crippen molar-refractivity contribution in [1.82, 2.24) is 5.32 Å². The molecule has 23 heavy (non-hydrogen) atoms. The van der Waals surface area contributed by atoms with Crippen LogP contribution in [0.3, 0.4) is 0 Å². The highest BCUT2D eigenvalue weighted by Gasteiger charge is 2.23. The average molecular weight is 306 g/mol. The molecule has 1 unspecified atom stereocenters. The van der Waals surface area contributed by atoms with Gasteiger partial charge in [-0.3, -0.25) is 4.79 Å². The topological polar surface area (TPSA) is 55.1 Å².